The molecule has 5 heteroatoms. The quantitative estimate of drug-likeness (QED) is 0.429. The second-order valence-corrected chi connectivity index (χ2v) is 2.46. The number of carbonyl (C=O) groups is 1. The molecule has 0 aliphatic rings. The third-order valence-corrected chi connectivity index (χ3v) is 1.35. The first kappa shape index (κ1) is 10.9. The van der Waals surface area contributed by atoms with Crippen LogP contribution in [0.25, 0.3) is 0 Å². The van der Waals surface area contributed by atoms with Crippen LogP contribution in [-0.4, -0.2) is 38.6 Å². The Labute approximate surface area is 69.6 Å². The summed E-state index contributed by atoms with van der Waals surface area (Å²) in [5.41, 5.74) is 0. The summed E-state index contributed by atoms with van der Waals surface area (Å²) in [4.78, 5) is 10.1. The van der Waals surface area contributed by atoms with Crippen molar-refractivity contribution in [1.82, 2.24) is 0 Å². The largest absolute Gasteiger partial charge is 0.513 e. The van der Waals surface area contributed by atoms with E-state index in [2.05, 4.69) is 6.58 Å². The van der Waals surface area contributed by atoms with E-state index in [0.29, 0.717) is 0 Å². The molecular formula is C7H12O5. The van der Waals surface area contributed by atoms with Gasteiger partial charge < -0.3 is 20.4 Å². The van der Waals surface area contributed by atoms with Gasteiger partial charge in [-0.05, 0) is 6.42 Å². The number of allylic oxidation sites excluding steroid dienone is 1. The molecule has 0 aromatic carbocycles. The molecule has 2 unspecified atom stereocenters. The normalized spacial score (nSPS) is 15.2. The molecule has 0 rings (SSSR count). The Bertz CT molecular complexity index is 177. The van der Waals surface area contributed by atoms with Crippen molar-refractivity contribution in [1.29, 1.82) is 0 Å². The molecule has 0 aromatic heterocycles. The van der Waals surface area contributed by atoms with E-state index in [0.717, 1.165) is 0 Å². The zero-order valence-electron chi connectivity index (χ0n) is 6.47. The van der Waals surface area contributed by atoms with Crippen molar-refractivity contribution >= 4 is 5.97 Å². The van der Waals surface area contributed by atoms with Gasteiger partial charge in [0.05, 0.1) is 11.9 Å². The Balaban J connectivity index is 3.79. The van der Waals surface area contributed by atoms with E-state index < -0.39 is 18.2 Å². The summed E-state index contributed by atoms with van der Waals surface area (Å²) in [5.74, 6) is -1.63. The van der Waals surface area contributed by atoms with Crippen LogP contribution in [0.15, 0.2) is 12.3 Å². The van der Waals surface area contributed by atoms with E-state index in [1.165, 1.54) is 0 Å². The minimum atomic E-state index is -1.80. The molecular weight excluding hydrogens is 164 g/mol. The molecule has 12 heavy (non-hydrogen) atoms. The smallest absolute Gasteiger partial charge is 0.335 e. The highest BCUT2D eigenvalue weighted by molar-refractivity contribution is 5.72. The third kappa shape index (κ3) is 3.95. The van der Waals surface area contributed by atoms with Crippen molar-refractivity contribution < 1.29 is 25.2 Å². The lowest BCUT2D eigenvalue weighted by atomic mass is 10.1. The van der Waals surface area contributed by atoms with Gasteiger partial charge in [-0.15, -0.1) is 0 Å². The summed E-state index contributed by atoms with van der Waals surface area (Å²) in [6, 6.07) is 0. The molecule has 70 valence electrons. The van der Waals surface area contributed by atoms with Gasteiger partial charge in [-0.1, -0.05) is 6.58 Å². The number of rotatable bonds is 5. The zero-order valence-corrected chi connectivity index (χ0v) is 6.47. The van der Waals surface area contributed by atoms with Gasteiger partial charge in [-0.2, -0.15) is 0 Å². The maximum absolute atomic E-state index is 10.1. The van der Waals surface area contributed by atoms with Gasteiger partial charge in [0.25, 0.3) is 0 Å². The van der Waals surface area contributed by atoms with E-state index in [1.807, 2.05) is 0 Å². The number of carboxylic acid groups (broad SMARTS) is 1. The molecule has 0 saturated heterocycles. The Hall–Kier alpha value is -1.07. The first-order valence-corrected chi connectivity index (χ1v) is 3.41. The number of carboxylic acids is 1. The average molecular weight is 176 g/mol. The minimum absolute atomic E-state index is 0.0250. The van der Waals surface area contributed by atoms with Crippen molar-refractivity contribution in [3.8, 4) is 0 Å². The number of aliphatic hydroxyl groups excluding tert-OH is 3. The molecule has 0 spiro atoms. The lowest BCUT2D eigenvalue weighted by molar-refractivity contribution is -0.153. The van der Waals surface area contributed by atoms with E-state index in [1.54, 1.807) is 0 Å². The van der Waals surface area contributed by atoms with Crippen molar-refractivity contribution in [2.75, 3.05) is 0 Å². The van der Waals surface area contributed by atoms with Crippen LogP contribution in [0.5, 0.6) is 0 Å². The highest BCUT2D eigenvalue weighted by Crippen LogP contribution is 2.06. The van der Waals surface area contributed by atoms with Gasteiger partial charge in [0, 0.05) is 6.42 Å². The maximum atomic E-state index is 10.1. The van der Waals surface area contributed by atoms with E-state index in [4.69, 9.17) is 20.4 Å². The van der Waals surface area contributed by atoms with Gasteiger partial charge in [-0.3, -0.25) is 0 Å². The van der Waals surface area contributed by atoms with Crippen LogP contribution in [0, 0.1) is 0 Å². The van der Waals surface area contributed by atoms with Crippen LogP contribution in [0.3, 0.4) is 0 Å². The van der Waals surface area contributed by atoms with E-state index in [9.17, 15) is 4.79 Å². The van der Waals surface area contributed by atoms with Crippen LogP contribution in [0.2, 0.25) is 0 Å². The average Bonchev–Trinajstić information content (AvgIpc) is 1.98. The molecule has 0 aromatic rings. The zero-order chi connectivity index (χ0) is 9.72. The molecule has 0 radical (unpaired) electrons. The topological polar surface area (TPSA) is 98.0 Å². The summed E-state index contributed by atoms with van der Waals surface area (Å²) < 4.78 is 0. The lowest BCUT2D eigenvalue weighted by Crippen LogP contribution is -2.33. The van der Waals surface area contributed by atoms with Crippen molar-refractivity contribution in [3.05, 3.63) is 12.3 Å². The lowest BCUT2D eigenvalue weighted by Gasteiger charge is -2.12. The molecule has 0 fully saturated rings. The van der Waals surface area contributed by atoms with Gasteiger partial charge in [0.15, 0.2) is 6.10 Å². The first-order valence-electron chi connectivity index (χ1n) is 3.41. The molecule has 0 bridgehead atoms. The molecule has 0 aliphatic heterocycles. The number of hydrogen-bond donors (Lipinski definition) is 4. The Morgan fingerprint density at radius 2 is 1.83 bits per heavy atom. The van der Waals surface area contributed by atoms with Gasteiger partial charge >= 0.3 is 5.97 Å². The van der Waals surface area contributed by atoms with E-state index >= 15 is 0 Å². The van der Waals surface area contributed by atoms with Gasteiger partial charge in [0.1, 0.15) is 0 Å². The highest BCUT2D eigenvalue weighted by Gasteiger charge is 2.22. The van der Waals surface area contributed by atoms with Crippen LogP contribution >= 0.6 is 0 Å². The second-order valence-electron chi connectivity index (χ2n) is 2.46. The van der Waals surface area contributed by atoms with Crippen molar-refractivity contribution in [2.45, 2.75) is 25.0 Å². The third-order valence-electron chi connectivity index (χ3n) is 1.35. The molecule has 4 N–H and O–H groups in total. The Kier molecular flexibility index (Phi) is 4.31. The summed E-state index contributed by atoms with van der Waals surface area (Å²) in [6.45, 7) is 3.15. The van der Waals surface area contributed by atoms with Crippen LogP contribution in [0.4, 0.5) is 0 Å². The van der Waals surface area contributed by atoms with Crippen molar-refractivity contribution in [3.63, 3.8) is 0 Å². The summed E-state index contributed by atoms with van der Waals surface area (Å²) in [5, 5.41) is 34.5. The first-order chi connectivity index (χ1) is 5.45. The molecule has 5 nitrogen and oxygen atoms in total. The molecule has 2 atom stereocenters. The standard InChI is InChI=1S/C7H12O5/c1-4(8)2-3-5(9)6(10)7(11)12/h5-6,8-10H,1-3H2,(H,11,12). The SMILES string of the molecule is C=C(O)CCC(O)C(O)C(=O)O. The van der Waals surface area contributed by atoms with Crippen LogP contribution in [0.1, 0.15) is 12.8 Å². The molecule has 0 aliphatic carbocycles. The van der Waals surface area contributed by atoms with Gasteiger partial charge in [0.2, 0.25) is 0 Å². The Morgan fingerprint density at radius 1 is 1.33 bits per heavy atom. The number of aliphatic carboxylic acids is 1. The minimum Gasteiger partial charge on any atom is -0.513 e. The van der Waals surface area contributed by atoms with Gasteiger partial charge in [-0.25, -0.2) is 4.79 Å². The predicted molar refractivity (Wildman–Crippen MR) is 40.7 cm³/mol. The van der Waals surface area contributed by atoms with Crippen LogP contribution < -0.4 is 0 Å². The van der Waals surface area contributed by atoms with Crippen LogP contribution in [-0.2, 0) is 4.79 Å². The second kappa shape index (κ2) is 4.74. The van der Waals surface area contributed by atoms with E-state index in [-0.39, 0.29) is 18.6 Å². The number of aliphatic hydroxyl groups is 3. The summed E-state index contributed by atoms with van der Waals surface area (Å²) in [6.07, 6.45) is -3.12. The number of hydrogen-bond acceptors (Lipinski definition) is 4. The Morgan fingerprint density at radius 3 is 2.17 bits per heavy atom. The fourth-order valence-corrected chi connectivity index (χ4v) is 0.637. The molecule has 0 amide bonds. The predicted octanol–water partition coefficient (Wildman–Crippen LogP) is -0.355. The van der Waals surface area contributed by atoms with Crippen molar-refractivity contribution in [2.24, 2.45) is 0 Å². The maximum Gasteiger partial charge on any atom is 0.335 e. The molecule has 0 heterocycles. The molecule has 0 saturated carbocycles. The monoisotopic (exact) mass is 176 g/mol. The fourth-order valence-electron chi connectivity index (χ4n) is 0.637. The summed E-state index contributed by atoms with van der Waals surface area (Å²) in [7, 11) is 0. The fraction of sp³-hybridized carbons (Fsp3) is 0.571. The highest BCUT2D eigenvalue weighted by atomic mass is 16.4. The summed E-state index contributed by atoms with van der Waals surface area (Å²) >= 11 is 0.